The molecule has 2 atom stereocenters. The molecule has 0 aliphatic heterocycles. The maximum Gasteiger partial charge on any atom is 0.472 e. The van der Waals surface area contributed by atoms with Gasteiger partial charge >= 0.3 is 13.8 Å². The Labute approximate surface area is 340 Å². The van der Waals surface area contributed by atoms with E-state index >= 15 is 0 Å². The number of carbonyl (C=O) groups is 1. The Hall–Kier alpha value is -1.02. The molecule has 55 heavy (non-hydrogen) atoms. The van der Waals surface area contributed by atoms with Crippen LogP contribution in [0, 0.1) is 0 Å². The first-order valence-corrected chi connectivity index (χ1v) is 24.8. The van der Waals surface area contributed by atoms with Crippen molar-refractivity contribution in [2.24, 2.45) is 5.73 Å². The van der Waals surface area contributed by atoms with Crippen molar-refractivity contribution in [3.63, 3.8) is 0 Å². The molecule has 0 fully saturated rings. The van der Waals surface area contributed by atoms with E-state index in [9.17, 15) is 14.3 Å². The number of allylic oxidation sites excluding steroid dienone is 4. The van der Waals surface area contributed by atoms with Gasteiger partial charge in [0.2, 0.25) is 0 Å². The van der Waals surface area contributed by atoms with Crippen molar-refractivity contribution in [2.75, 3.05) is 33.0 Å². The number of phosphoric acid groups is 1. The Morgan fingerprint density at radius 3 is 1.42 bits per heavy atom. The van der Waals surface area contributed by atoms with Crippen LogP contribution in [0.25, 0.3) is 0 Å². The lowest BCUT2D eigenvalue weighted by atomic mass is 10.0. The number of esters is 1. The highest BCUT2D eigenvalue weighted by atomic mass is 31.2. The highest BCUT2D eigenvalue weighted by Gasteiger charge is 2.25. The Kier molecular flexibility index (Phi) is 43.3. The molecule has 0 heterocycles. The normalized spacial score (nSPS) is 13.6. The number of hydrogen-bond acceptors (Lipinski definition) is 7. The van der Waals surface area contributed by atoms with Crippen LogP contribution in [-0.4, -0.2) is 49.9 Å². The molecule has 0 saturated heterocycles. The number of unbranched alkanes of at least 4 members (excludes halogenated alkanes) is 28. The molecule has 0 aromatic carbocycles. The first-order valence-electron chi connectivity index (χ1n) is 23.3. The Morgan fingerprint density at radius 2 is 0.964 bits per heavy atom. The molecule has 8 nitrogen and oxygen atoms in total. The number of nitrogens with two attached hydrogens (primary N) is 1. The summed E-state index contributed by atoms with van der Waals surface area (Å²) in [5.41, 5.74) is 5.37. The van der Waals surface area contributed by atoms with Crippen molar-refractivity contribution in [1.82, 2.24) is 0 Å². The van der Waals surface area contributed by atoms with Gasteiger partial charge in [0.1, 0.15) is 6.10 Å². The van der Waals surface area contributed by atoms with Crippen molar-refractivity contribution in [3.8, 4) is 0 Å². The first-order chi connectivity index (χ1) is 26.9. The van der Waals surface area contributed by atoms with E-state index in [0.717, 1.165) is 38.5 Å². The molecule has 0 aromatic rings. The van der Waals surface area contributed by atoms with Gasteiger partial charge in [-0.1, -0.05) is 199 Å². The van der Waals surface area contributed by atoms with Crippen LogP contribution in [0.15, 0.2) is 24.3 Å². The van der Waals surface area contributed by atoms with E-state index in [-0.39, 0.29) is 32.3 Å². The molecular formula is C46H90NO7P. The molecule has 326 valence electrons. The predicted octanol–water partition coefficient (Wildman–Crippen LogP) is 14.0. The van der Waals surface area contributed by atoms with Gasteiger partial charge in [0.15, 0.2) is 0 Å². The number of ether oxygens (including phenoxy) is 2. The van der Waals surface area contributed by atoms with Gasteiger partial charge in [0.05, 0.1) is 19.8 Å². The van der Waals surface area contributed by atoms with Crippen molar-refractivity contribution >= 4 is 13.8 Å². The molecule has 0 bridgehead atoms. The second kappa shape index (κ2) is 44.1. The van der Waals surface area contributed by atoms with Crippen molar-refractivity contribution in [1.29, 1.82) is 0 Å². The van der Waals surface area contributed by atoms with Crippen LogP contribution < -0.4 is 5.73 Å². The van der Waals surface area contributed by atoms with Gasteiger partial charge in [-0.3, -0.25) is 13.8 Å². The molecule has 0 saturated carbocycles. The molecule has 9 heteroatoms. The summed E-state index contributed by atoms with van der Waals surface area (Å²) in [6.45, 7) is 4.93. The molecule has 0 spiro atoms. The summed E-state index contributed by atoms with van der Waals surface area (Å²) in [5.74, 6) is -0.330. The zero-order valence-corrected chi connectivity index (χ0v) is 37.1. The second-order valence-corrected chi connectivity index (χ2v) is 17.1. The lowest BCUT2D eigenvalue weighted by Gasteiger charge is -2.20. The van der Waals surface area contributed by atoms with Crippen molar-refractivity contribution in [2.45, 2.75) is 232 Å². The lowest BCUT2D eigenvalue weighted by Crippen LogP contribution is -2.28. The van der Waals surface area contributed by atoms with Gasteiger partial charge in [-0.05, 0) is 44.9 Å². The zero-order chi connectivity index (χ0) is 40.2. The summed E-state index contributed by atoms with van der Waals surface area (Å²) >= 11 is 0. The minimum atomic E-state index is -4.27. The maximum absolute atomic E-state index is 12.5. The summed E-state index contributed by atoms with van der Waals surface area (Å²) in [5, 5.41) is 0. The Morgan fingerprint density at radius 1 is 0.545 bits per heavy atom. The van der Waals surface area contributed by atoms with E-state index in [4.69, 9.17) is 24.3 Å². The molecule has 0 amide bonds. The standard InChI is InChI=1S/C46H90NO7P/c1-3-5-7-9-11-13-15-16-17-18-19-20-21-22-23-24-25-26-27-28-29-30-32-34-36-38-41-51-43-45(44-53-55(49,50)52-42-40-47)54-46(48)39-37-35-33-31-14-12-10-8-6-4-2/h15-16,18-19,45H,3-14,17,20-44,47H2,1-2H3,(H,49,50)/b16-15-,19-18-. The SMILES string of the molecule is CCCCCCC/C=C\C/C=C\CCCCCCCCCCCCCCCCOCC(COP(=O)(O)OCCN)OC(=O)CCCCCCCCCCCC. The van der Waals surface area contributed by atoms with Crippen LogP contribution in [0.4, 0.5) is 0 Å². The molecule has 0 radical (unpaired) electrons. The Bertz CT molecular complexity index is 900. The van der Waals surface area contributed by atoms with E-state index in [1.165, 1.54) is 167 Å². The van der Waals surface area contributed by atoms with Crippen LogP contribution in [0.3, 0.4) is 0 Å². The highest BCUT2D eigenvalue weighted by Crippen LogP contribution is 2.43. The van der Waals surface area contributed by atoms with E-state index in [0.29, 0.717) is 13.0 Å². The van der Waals surface area contributed by atoms with E-state index in [1.807, 2.05) is 0 Å². The fourth-order valence-corrected chi connectivity index (χ4v) is 7.44. The van der Waals surface area contributed by atoms with E-state index in [1.54, 1.807) is 0 Å². The largest absolute Gasteiger partial charge is 0.472 e. The monoisotopic (exact) mass is 800 g/mol. The van der Waals surface area contributed by atoms with E-state index in [2.05, 4.69) is 38.2 Å². The zero-order valence-electron chi connectivity index (χ0n) is 36.2. The van der Waals surface area contributed by atoms with Crippen molar-refractivity contribution < 1.29 is 32.8 Å². The van der Waals surface area contributed by atoms with E-state index < -0.39 is 13.9 Å². The average Bonchev–Trinajstić information content (AvgIpc) is 3.17. The van der Waals surface area contributed by atoms with Gasteiger partial charge in [-0.2, -0.15) is 0 Å². The minimum Gasteiger partial charge on any atom is -0.457 e. The second-order valence-electron chi connectivity index (χ2n) is 15.6. The van der Waals surface area contributed by atoms with Gasteiger partial charge < -0.3 is 20.1 Å². The summed E-state index contributed by atoms with van der Waals surface area (Å²) in [6.07, 6.45) is 49.3. The third-order valence-electron chi connectivity index (χ3n) is 10.1. The molecule has 2 unspecified atom stereocenters. The van der Waals surface area contributed by atoms with Crippen LogP contribution in [0.1, 0.15) is 226 Å². The topological polar surface area (TPSA) is 117 Å². The fraction of sp³-hybridized carbons (Fsp3) is 0.891. The van der Waals surface area contributed by atoms with Crippen molar-refractivity contribution in [3.05, 3.63) is 24.3 Å². The van der Waals surface area contributed by atoms with Gasteiger partial charge in [0.25, 0.3) is 0 Å². The quantitative estimate of drug-likeness (QED) is 0.0271. The first kappa shape index (κ1) is 54.0. The number of carbonyl (C=O) groups excluding carboxylic acids is 1. The summed E-state index contributed by atoms with van der Waals surface area (Å²) in [7, 11) is -4.27. The lowest BCUT2D eigenvalue weighted by molar-refractivity contribution is -0.154. The van der Waals surface area contributed by atoms with Crippen LogP contribution in [-0.2, 0) is 27.9 Å². The smallest absolute Gasteiger partial charge is 0.457 e. The fourth-order valence-electron chi connectivity index (χ4n) is 6.68. The maximum atomic E-state index is 12.5. The number of rotatable bonds is 45. The number of hydrogen-bond donors (Lipinski definition) is 2. The molecule has 0 aliphatic carbocycles. The molecular weight excluding hydrogens is 709 g/mol. The summed E-state index contributed by atoms with van der Waals surface area (Å²) in [6, 6.07) is 0. The molecule has 3 N–H and O–H groups in total. The van der Waals surface area contributed by atoms with Gasteiger partial charge in [-0.15, -0.1) is 0 Å². The minimum absolute atomic E-state index is 0.0930. The van der Waals surface area contributed by atoms with Gasteiger partial charge in [0, 0.05) is 19.6 Å². The number of phosphoric ester groups is 1. The van der Waals surface area contributed by atoms with Crippen LogP contribution in [0.2, 0.25) is 0 Å². The third-order valence-corrected chi connectivity index (χ3v) is 11.1. The third kappa shape index (κ3) is 43.9. The van der Waals surface area contributed by atoms with Gasteiger partial charge in [-0.25, -0.2) is 4.57 Å². The predicted molar refractivity (Wildman–Crippen MR) is 233 cm³/mol. The summed E-state index contributed by atoms with van der Waals surface area (Å²) < 4.78 is 33.4. The molecule has 0 aromatic heterocycles. The van der Waals surface area contributed by atoms with Crippen LogP contribution >= 0.6 is 7.82 Å². The summed E-state index contributed by atoms with van der Waals surface area (Å²) in [4.78, 5) is 22.4. The highest BCUT2D eigenvalue weighted by molar-refractivity contribution is 7.47. The Balaban J connectivity index is 3.83. The molecule has 0 rings (SSSR count). The molecule has 0 aliphatic rings. The van der Waals surface area contributed by atoms with Crippen LogP contribution in [0.5, 0.6) is 0 Å². The average molecular weight is 800 g/mol.